The van der Waals surface area contributed by atoms with Crippen LogP contribution in [0.25, 0.3) is 10.8 Å². The lowest BCUT2D eigenvalue weighted by Crippen LogP contribution is -2.20. The van der Waals surface area contributed by atoms with E-state index >= 15 is 0 Å². The maximum absolute atomic E-state index is 13.3. The second kappa shape index (κ2) is 11.0. The molecule has 5 nitrogen and oxygen atoms in total. The Morgan fingerprint density at radius 2 is 1.82 bits per heavy atom. The van der Waals surface area contributed by atoms with E-state index in [1.54, 1.807) is 11.3 Å². The fraction of sp³-hybridized carbons (Fsp3) is 0.214. The minimum Gasteiger partial charge on any atom is -0.481 e. The van der Waals surface area contributed by atoms with E-state index < -0.39 is 5.97 Å². The summed E-state index contributed by atoms with van der Waals surface area (Å²) in [6, 6.07) is 24.1. The lowest BCUT2D eigenvalue weighted by atomic mass is 9.94. The van der Waals surface area contributed by atoms with Crippen LogP contribution in [0.15, 0.2) is 78.2 Å². The summed E-state index contributed by atoms with van der Waals surface area (Å²) in [6.07, 6.45) is 1.20. The van der Waals surface area contributed by atoms with Crippen molar-refractivity contribution in [3.05, 3.63) is 94.9 Å². The normalized spacial score (nSPS) is 11.8. The quantitative estimate of drug-likeness (QED) is 0.241. The minimum absolute atomic E-state index is 0.0841. The number of carbonyl (C=O) groups excluding carboxylic acids is 1. The van der Waals surface area contributed by atoms with E-state index in [1.807, 2.05) is 85.1 Å². The van der Waals surface area contributed by atoms with E-state index in [2.05, 4.69) is 10.6 Å². The molecule has 4 aromatic rings. The Morgan fingerprint density at radius 3 is 2.62 bits per heavy atom. The smallest absolute Gasteiger partial charge is 0.303 e. The first kappa shape index (κ1) is 23.5. The van der Waals surface area contributed by atoms with Gasteiger partial charge in [0.05, 0.1) is 10.9 Å². The molecule has 6 heteroatoms. The highest BCUT2D eigenvalue weighted by molar-refractivity contribution is 7.14. The van der Waals surface area contributed by atoms with Crippen LogP contribution < -0.4 is 10.6 Å². The summed E-state index contributed by atoms with van der Waals surface area (Å²) in [5, 5.41) is 20.8. The molecule has 3 aromatic carbocycles. The van der Waals surface area contributed by atoms with Crippen LogP contribution in [0.4, 0.5) is 10.7 Å². The number of anilines is 2. The van der Waals surface area contributed by atoms with Gasteiger partial charge in [-0.3, -0.25) is 9.59 Å². The van der Waals surface area contributed by atoms with Gasteiger partial charge in [0.2, 0.25) is 5.91 Å². The van der Waals surface area contributed by atoms with Crippen LogP contribution in [-0.4, -0.2) is 17.0 Å². The van der Waals surface area contributed by atoms with E-state index in [9.17, 15) is 9.59 Å². The lowest BCUT2D eigenvalue weighted by molar-refractivity contribution is -0.137. The van der Waals surface area contributed by atoms with E-state index in [0.29, 0.717) is 19.4 Å². The first-order chi connectivity index (χ1) is 16.5. The number of rotatable bonds is 10. The molecule has 1 unspecified atom stereocenters. The van der Waals surface area contributed by atoms with E-state index in [0.717, 1.165) is 38.2 Å². The SMILES string of the molecule is CC(C(=O)Nc1cc(CNc2cccs2)ccc1CCCC(=O)O)c1cccc2ccccc12. The van der Waals surface area contributed by atoms with Crippen LogP contribution in [0.5, 0.6) is 0 Å². The van der Waals surface area contributed by atoms with Crippen LogP contribution in [0.2, 0.25) is 0 Å². The summed E-state index contributed by atoms with van der Waals surface area (Å²) in [5.74, 6) is -1.24. The standard InChI is InChI=1S/C28H28N2O3S/c1-19(23-11-4-8-21-7-2-3-10-24(21)23)28(33)30-25-17-20(18-29-26-12-6-16-34-26)14-15-22(25)9-5-13-27(31)32/h2-4,6-8,10-12,14-17,19,29H,5,9,13,18H2,1H3,(H,30,33)(H,31,32). The molecule has 0 fully saturated rings. The van der Waals surface area contributed by atoms with Crippen molar-refractivity contribution in [2.75, 3.05) is 10.6 Å². The lowest BCUT2D eigenvalue weighted by Gasteiger charge is -2.18. The van der Waals surface area contributed by atoms with Gasteiger partial charge >= 0.3 is 5.97 Å². The van der Waals surface area contributed by atoms with Crippen molar-refractivity contribution in [1.82, 2.24) is 0 Å². The predicted molar refractivity (Wildman–Crippen MR) is 140 cm³/mol. The summed E-state index contributed by atoms with van der Waals surface area (Å²) in [5.41, 5.74) is 3.72. The van der Waals surface area contributed by atoms with Gasteiger partial charge in [-0.15, -0.1) is 11.3 Å². The molecule has 0 bridgehead atoms. The zero-order valence-corrected chi connectivity index (χ0v) is 19.9. The molecule has 1 amide bonds. The second-order valence-electron chi connectivity index (χ2n) is 8.35. The van der Waals surface area contributed by atoms with Gasteiger partial charge in [-0.05, 0) is 70.8 Å². The third-order valence-corrected chi connectivity index (χ3v) is 6.77. The fourth-order valence-electron chi connectivity index (χ4n) is 4.08. The molecule has 174 valence electrons. The summed E-state index contributed by atoms with van der Waals surface area (Å²) in [6.45, 7) is 2.56. The largest absolute Gasteiger partial charge is 0.481 e. The molecule has 0 aliphatic carbocycles. The molecule has 0 spiro atoms. The van der Waals surface area contributed by atoms with Crippen LogP contribution in [-0.2, 0) is 22.6 Å². The van der Waals surface area contributed by atoms with Crippen molar-refractivity contribution >= 4 is 44.7 Å². The summed E-state index contributed by atoms with van der Waals surface area (Å²) < 4.78 is 0. The number of benzene rings is 3. The number of amides is 1. The first-order valence-corrected chi connectivity index (χ1v) is 12.3. The Morgan fingerprint density at radius 1 is 1.00 bits per heavy atom. The maximum atomic E-state index is 13.3. The zero-order chi connectivity index (χ0) is 23.9. The molecule has 0 aliphatic heterocycles. The number of thiophene rings is 1. The fourth-order valence-corrected chi connectivity index (χ4v) is 4.69. The van der Waals surface area contributed by atoms with Crippen LogP contribution in [0.3, 0.4) is 0 Å². The van der Waals surface area contributed by atoms with Crippen molar-refractivity contribution < 1.29 is 14.7 Å². The molecule has 0 saturated carbocycles. The van der Waals surface area contributed by atoms with E-state index in [4.69, 9.17) is 5.11 Å². The number of fused-ring (bicyclic) bond motifs is 1. The minimum atomic E-state index is -0.813. The Kier molecular flexibility index (Phi) is 7.60. The van der Waals surface area contributed by atoms with Gasteiger partial charge in [0, 0.05) is 18.7 Å². The van der Waals surface area contributed by atoms with Gasteiger partial charge in [0.25, 0.3) is 0 Å². The molecule has 1 aromatic heterocycles. The third kappa shape index (κ3) is 5.83. The summed E-state index contributed by atoms with van der Waals surface area (Å²) in [7, 11) is 0. The highest BCUT2D eigenvalue weighted by Crippen LogP contribution is 2.28. The number of carboxylic acid groups (broad SMARTS) is 1. The monoisotopic (exact) mass is 472 g/mol. The molecule has 34 heavy (non-hydrogen) atoms. The summed E-state index contributed by atoms with van der Waals surface area (Å²) >= 11 is 1.64. The Balaban J connectivity index is 1.55. The van der Waals surface area contributed by atoms with Crippen LogP contribution in [0.1, 0.15) is 42.4 Å². The van der Waals surface area contributed by atoms with E-state index in [-0.39, 0.29) is 18.2 Å². The zero-order valence-electron chi connectivity index (χ0n) is 19.1. The van der Waals surface area contributed by atoms with Gasteiger partial charge in [0.15, 0.2) is 0 Å². The van der Waals surface area contributed by atoms with Gasteiger partial charge in [-0.1, -0.05) is 54.6 Å². The third-order valence-electron chi connectivity index (χ3n) is 5.94. The van der Waals surface area contributed by atoms with Crippen molar-refractivity contribution in [2.45, 2.75) is 38.6 Å². The number of hydrogen-bond donors (Lipinski definition) is 3. The molecule has 4 rings (SSSR count). The molecule has 0 aliphatic rings. The Bertz CT molecular complexity index is 1280. The molecular weight excluding hydrogens is 444 g/mol. The number of aliphatic carboxylic acids is 1. The number of hydrogen-bond acceptors (Lipinski definition) is 4. The summed E-state index contributed by atoms with van der Waals surface area (Å²) in [4.78, 5) is 24.3. The molecule has 0 radical (unpaired) electrons. The Labute approximate surface area is 203 Å². The van der Waals surface area contributed by atoms with Gasteiger partial charge in [0.1, 0.15) is 0 Å². The predicted octanol–water partition coefficient (Wildman–Crippen LogP) is 6.66. The number of carboxylic acids is 1. The second-order valence-corrected chi connectivity index (χ2v) is 9.30. The van der Waals surface area contributed by atoms with Gasteiger partial charge in [-0.25, -0.2) is 0 Å². The molecule has 0 saturated heterocycles. The highest BCUT2D eigenvalue weighted by Gasteiger charge is 2.19. The van der Waals surface area contributed by atoms with Crippen LogP contribution >= 0.6 is 11.3 Å². The van der Waals surface area contributed by atoms with E-state index in [1.165, 1.54) is 0 Å². The number of carbonyl (C=O) groups is 2. The molecule has 1 heterocycles. The van der Waals surface area contributed by atoms with Crippen LogP contribution in [0, 0.1) is 0 Å². The molecule has 1 atom stereocenters. The van der Waals surface area contributed by atoms with Crippen molar-refractivity contribution in [3.63, 3.8) is 0 Å². The average Bonchev–Trinajstić information content (AvgIpc) is 3.36. The van der Waals surface area contributed by atoms with Crippen molar-refractivity contribution in [1.29, 1.82) is 0 Å². The van der Waals surface area contributed by atoms with Crippen molar-refractivity contribution in [3.8, 4) is 0 Å². The van der Waals surface area contributed by atoms with Crippen molar-refractivity contribution in [2.24, 2.45) is 0 Å². The maximum Gasteiger partial charge on any atom is 0.303 e. The molecular formula is C28H28N2O3S. The van der Waals surface area contributed by atoms with Gasteiger partial charge in [-0.2, -0.15) is 0 Å². The molecule has 3 N–H and O–H groups in total. The highest BCUT2D eigenvalue weighted by atomic mass is 32.1. The first-order valence-electron chi connectivity index (χ1n) is 11.4. The average molecular weight is 473 g/mol. The number of nitrogens with one attached hydrogen (secondary N) is 2. The Hall–Kier alpha value is -3.64. The van der Waals surface area contributed by atoms with Gasteiger partial charge < -0.3 is 15.7 Å². The number of aryl methyl sites for hydroxylation is 1. The topological polar surface area (TPSA) is 78.4 Å².